The molecule has 3 amide bonds. The van der Waals surface area contributed by atoms with Gasteiger partial charge in [-0.1, -0.05) is 18.7 Å². The van der Waals surface area contributed by atoms with Crippen LogP contribution < -0.4 is 10.6 Å². The fourth-order valence-corrected chi connectivity index (χ4v) is 4.97. The van der Waals surface area contributed by atoms with Crippen LogP contribution in [0.3, 0.4) is 0 Å². The van der Waals surface area contributed by atoms with Crippen LogP contribution in [0.15, 0.2) is 35.4 Å². The quantitative estimate of drug-likeness (QED) is 0.760. The van der Waals surface area contributed by atoms with Gasteiger partial charge in [-0.2, -0.15) is 5.26 Å². The molecule has 1 aliphatic carbocycles. The number of rotatable bonds is 4. The van der Waals surface area contributed by atoms with Crippen LogP contribution in [0.1, 0.15) is 46.9 Å². The molecular formula is C22H20N4O3S. The number of aryl methyl sites for hydroxylation is 1. The van der Waals surface area contributed by atoms with E-state index >= 15 is 0 Å². The van der Waals surface area contributed by atoms with Crippen molar-refractivity contribution in [3.8, 4) is 6.07 Å². The molecule has 1 aliphatic heterocycles. The number of nitrogens with two attached hydrogens (primary N) is 1. The number of nitrogens with zero attached hydrogens (tertiary/aromatic N) is 3. The summed E-state index contributed by atoms with van der Waals surface area (Å²) in [6.45, 7) is 2.19. The van der Waals surface area contributed by atoms with Crippen LogP contribution in [0, 0.1) is 17.2 Å². The van der Waals surface area contributed by atoms with E-state index in [0.29, 0.717) is 27.8 Å². The zero-order chi connectivity index (χ0) is 21.4. The number of amides is 3. The highest BCUT2D eigenvalue weighted by atomic mass is 32.2. The summed E-state index contributed by atoms with van der Waals surface area (Å²) in [5.41, 5.74) is 8.45. The molecule has 2 aliphatic rings. The highest BCUT2D eigenvalue weighted by Crippen LogP contribution is 2.36. The normalized spacial score (nSPS) is 20.7. The lowest BCUT2D eigenvalue weighted by Gasteiger charge is -2.22. The summed E-state index contributed by atoms with van der Waals surface area (Å²) in [5.74, 6) is -0.692. The lowest BCUT2D eigenvalue weighted by atomic mass is 9.87. The Morgan fingerprint density at radius 1 is 1.27 bits per heavy atom. The monoisotopic (exact) mass is 420 g/mol. The number of fused-ring (bicyclic) bond motifs is 1. The fraction of sp³-hybridized carbons (Fsp3) is 0.318. The van der Waals surface area contributed by atoms with Gasteiger partial charge in [0.2, 0.25) is 17.7 Å². The van der Waals surface area contributed by atoms with Crippen LogP contribution in [0.4, 0.5) is 5.69 Å². The predicted molar refractivity (Wildman–Crippen MR) is 112 cm³/mol. The number of carbonyl (C=O) groups excluding carboxylic acids is 3. The molecule has 8 heteroatoms. The van der Waals surface area contributed by atoms with E-state index < -0.39 is 11.2 Å². The van der Waals surface area contributed by atoms with Gasteiger partial charge in [-0.3, -0.25) is 14.4 Å². The van der Waals surface area contributed by atoms with Gasteiger partial charge in [0.05, 0.1) is 16.5 Å². The molecule has 1 aromatic carbocycles. The number of primary amides is 1. The van der Waals surface area contributed by atoms with Gasteiger partial charge in [-0.15, -0.1) is 0 Å². The third-order valence-corrected chi connectivity index (χ3v) is 6.68. The van der Waals surface area contributed by atoms with Crippen LogP contribution in [-0.2, 0) is 22.4 Å². The number of pyridine rings is 1. The van der Waals surface area contributed by atoms with Crippen LogP contribution in [0.25, 0.3) is 0 Å². The van der Waals surface area contributed by atoms with Gasteiger partial charge in [0.15, 0.2) is 0 Å². The lowest BCUT2D eigenvalue weighted by Crippen LogP contribution is -2.31. The standard InChI is InChI=1S/C22H20N4O3S/c1-12-2-7-17-14(8-12)9-15(11-23)21(25-17)30-18-10-19(27)26(22(18)29)16-5-3-13(4-6-16)20(24)28/h3-6,9,12,18H,2,7-8,10H2,1H3,(H2,24,28). The maximum Gasteiger partial charge on any atom is 0.248 e. The Kier molecular flexibility index (Phi) is 5.31. The van der Waals surface area contributed by atoms with E-state index in [1.54, 1.807) is 0 Å². The van der Waals surface area contributed by atoms with Gasteiger partial charge >= 0.3 is 0 Å². The van der Waals surface area contributed by atoms with Crippen LogP contribution in [-0.4, -0.2) is 28.0 Å². The SMILES string of the molecule is CC1CCc2nc(SC3CC(=O)N(c4ccc(C(N)=O)cc4)C3=O)c(C#N)cc2C1. The van der Waals surface area contributed by atoms with Gasteiger partial charge in [-0.25, -0.2) is 9.88 Å². The number of imide groups is 1. The van der Waals surface area contributed by atoms with Crippen molar-refractivity contribution in [2.24, 2.45) is 11.7 Å². The van der Waals surface area contributed by atoms with Crippen molar-refractivity contribution in [1.82, 2.24) is 4.98 Å². The summed E-state index contributed by atoms with van der Waals surface area (Å²) >= 11 is 1.17. The first-order valence-corrected chi connectivity index (χ1v) is 10.6. The van der Waals surface area contributed by atoms with Crippen molar-refractivity contribution >= 4 is 35.2 Å². The fourth-order valence-electron chi connectivity index (χ4n) is 3.87. The first-order chi connectivity index (χ1) is 14.4. The smallest absolute Gasteiger partial charge is 0.248 e. The van der Waals surface area contributed by atoms with Crippen LogP contribution in [0.2, 0.25) is 0 Å². The molecule has 152 valence electrons. The molecule has 2 atom stereocenters. The molecule has 1 fully saturated rings. The number of aromatic nitrogens is 1. The van der Waals surface area contributed by atoms with Gasteiger partial charge in [-0.05, 0) is 61.1 Å². The first-order valence-electron chi connectivity index (χ1n) is 9.73. The van der Waals surface area contributed by atoms with E-state index in [9.17, 15) is 19.6 Å². The van der Waals surface area contributed by atoms with E-state index in [1.165, 1.54) is 36.0 Å². The first kappa shape index (κ1) is 20.1. The number of anilines is 1. The topological polar surface area (TPSA) is 117 Å². The molecule has 0 bridgehead atoms. The molecule has 0 radical (unpaired) electrons. The van der Waals surface area contributed by atoms with E-state index in [-0.39, 0.29) is 18.2 Å². The van der Waals surface area contributed by atoms with E-state index in [2.05, 4.69) is 18.0 Å². The van der Waals surface area contributed by atoms with Gasteiger partial charge in [0.1, 0.15) is 11.1 Å². The summed E-state index contributed by atoms with van der Waals surface area (Å²) in [7, 11) is 0. The van der Waals surface area contributed by atoms with Gasteiger partial charge in [0, 0.05) is 17.7 Å². The number of benzene rings is 1. The van der Waals surface area contributed by atoms with Crippen molar-refractivity contribution in [3.05, 3.63) is 52.7 Å². The second-order valence-electron chi connectivity index (χ2n) is 7.70. The summed E-state index contributed by atoms with van der Waals surface area (Å²) in [4.78, 5) is 42.5. The molecule has 2 N–H and O–H groups in total. The molecule has 1 aromatic heterocycles. The van der Waals surface area contributed by atoms with Crippen LogP contribution in [0.5, 0.6) is 0 Å². The molecule has 7 nitrogen and oxygen atoms in total. The Morgan fingerprint density at radius 2 is 2.00 bits per heavy atom. The summed E-state index contributed by atoms with van der Waals surface area (Å²) in [6, 6.07) is 10.1. The average Bonchev–Trinajstić information content (AvgIpc) is 3.00. The van der Waals surface area contributed by atoms with Crippen LogP contribution >= 0.6 is 11.8 Å². The zero-order valence-corrected chi connectivity index (χ0v) is 17.2. The molecular weight excluding hydrogens is 400 g/mol. The highest BCUT2D eigenvalue weighted by molar-refractivity contribution is 8.00. The van der Waals surface area contributed by atoms with E-state index in [0.717, 1.165) is 35.4 Å². The number of hydrogen-bond acceptors (Lipinski definition) is 6. The predicted octanol–water partition coefficient (Wildman–Crippen LogP) is 2.60. The molecule has 2 unspecified atom stereocenters. The Bertz CT molecular complexity index is 1090. The second-order valence-corrected chi connectivity index (χ2v) is 8.89. The number of thioether (sulfide) groups is 1. The van der Waals surface area contributed by atoms with Crippen molar-refractivity contribution < 1.29 is 14.4 Å². The largest absolute Gasteiger partial charge is 0.366 e. The third kappa shape index (κ3) is 3.68. The Labute approximate surface area is 178 Å². The third-order valence-electron chi connectivity index (χ3n) is 5.49. The number of nitriles is 1. The number of carbonyl (C=O) groups is 3. The number of hydrogen-bond donors (Lipinski definition) is 1. The Balaban J connectivity index is 1.58. The lowest BCUT2D eigenvalue weighted by molar-refractivity contribution is -0.121. The summed E-state index contributed by atoms with van der Waals surface area (Å²) < 4.78 is 0. The highest BCUT2D eigenvalue weighted by Gasteiger charge is 2.41. The van der Waals surface area contributed by atoms with Crippen molar-refractivity contribution in [1.29, 1.82) is 5.26 Å². The summed E-state index contributed by atoms with van der Waals surface area (Å²) in [6.07, 6.45) is 2.83. The van der Waals surface area contributed by atoms with Gasteiger partial charge < -0.3 is 5.73 Å². The van der Waals surface area contributed by atoms with Crippen molar-refractivity contribution in [2.45, 2.75) is 42.9 Å². The molecule has 1 saturated heterocycles. The molecule has 30 heavy (non-hydrogen) atoms. The van der Waals surface area contributed by atoms with Crippen molar-refractivity contribution in [3.63, 3.8) is 0 Å². The molecule has 4 rings (SSSR count). The second kappa shape index (κ2) is 7.92. The summed E-state index contributed by atoms with van der Waals surface area (Å²) in [5, 5.41) is 9.43. The molecule has 2 heterocycles. The minimum Gasteiger partial charge on any atom is -0.366 e. The maximum atomic E-state index is 13.0. The van der Waals surface area contributed by atoms with E-state index in [4.69, 9.17) is 5.73 Å². The Morgan fingerprint density at radius 3 is 2.67 bits per heavy atom. The maximum absolute atomic E-state index is 13.0. The average molecular weight is 420 g/mol. The van der Waals surface area contributed by atoms with E-state index in [1.807, 2.05) is 6.07 Å². The van der Waals surface area contributed by atoms with Crippen molar-refractivity contribution in [2.75, 3.05) is 4.90 Å². The van der Waals surface area contributed by atoms with Gasteiger partial charge in [0.25, 0.3) is 0 Å². The Hall–Kier alpha value is -3.18. The minimum absolute atomic E-state index is 0.0295. The minimum atomic E-state index is -0.645. The molecule has 2 aromatic rings. The molecule has 0 spiro atoms. The zero-order valence-electron chi connectivity index (χ0n) is 16.4. The molecule has 0 saturated carbocycles.